The molecule has 0 aromatic heterocycles. The second-order valence-electron chi connectivity index (χ2n) is 15.9. The molecule has 2 saturated heterocycles. The Kier molecular flexibility index (Phi) is 9.59. The summed E-state index contributed by atoms with van der Waals surface area (Å²) in [5.41, 5.74) is 3.97. The summed E-state index contributed by atoms with van der Waals surface area (Å²) in [5, 5.41) is 11.7. The topological polar surface area (TPSA) is 109 Å². The van der Waals surface area contributed by atoms with E-state index in [9.17, 15) is 14.7 Å². The second-order valence-corrected chi connectivity index (χ2v) is 20.6. The summed E-state index contributed by atoms with van der Waals surface area (Å²) < 4.78 is 18.5. The van der Waals surface area contributed by atoms with E-state index in [2.05, 4.69) is 38.2 Å². The second kappa shape index (κ2) is 14.3. The van der Waals surface area contributed by atoms with Crippen LogP contribution in [0, 0.1) is 5.92 Å². The molecule has 0 aliphatic carbocycles. The molecule has 286 valence electrons. The number of hydrogen-bond acceptors (Lipinski definition) is 7. The number of rotatable bonds is 10. The van der Waals surface area contributed by atoms with Crippen molar-refractivity contribution < 1.29 is 33.7 Å². The fraction of sp³-hybridized carbons (Fsp3) is 0.386. The van der Waals surface area contributed by atoms with Crippen molar-refractivity contribution in [3.05, 3.63) is 113 Å². The Hall–Kier alpha value is -4.97. The van der Waals surface area contributed by atoms with E-state index in [4.69, 9.17) is 14.2 Å². The van der Waals surface area contributed by atoms with Gasteiger partial charge < -0.3 is 34.0 Å². The van der Waals surface area contributed by atoms with Gasteiger partial charge in [0.25, 0.3) is 5.91 Å². The largest absolute Gasteiger partial charge is 0.497 e. The minimum atomic E-state index is -2.53. The highest BCUT2D eigenvalue weighted by atomic mass is 28.3. The Morgan fingerprint density at radius 3 is 2.25 bits per heavy atom. The molecule has 4 heterocycles. The lowest BCUT2D eigenvalue weighted by Gasteiger charge is -2.39. The third-order valence-corrected chi connectivity index (χ3v) is 17.1. The van der Waals surface area contributed by atoms with Gasteiger partial charge in [0, 0.05) is 36.7 Å². The molecular weight excluding hydrogens is 711 g/mol. The average Bonchev–Trinajstić information content (AvgIpc) is 3.62. The van der Waals surface area contributed by atoms with E-state index in [-0.39, 0.29) is 48.3 Å². The average molecular weight is 760 g/mol. The molecule has 8 rings (SSSR count). The molecule has 4 aliphatic heterocycles. The number of benzene rings is 4. The van der Waals surface area contributed by atoms with Gasteiger partial charge in [-0.15, -0.1) is 0 Å². The predicted octanol–water partition coefficient (Wildman–Crippen LogP) is 5.54. The summed E-state index contributed by atoms with van der Waals surface area (Å²) in [4.78, 5) is 47.4. The predicted molar refractivity (Wildman–Crippen MR) is 213 cm³/mol. The lowest BCUT2D eigenvalue weighted by Crippen LogP contribution is -2.52. The van der Waals surface area contributed by atoms with Gasteiger partial charge in [0.2, 0.25) is 11.8 Å². The van der Waals surface area contributed by atoms with Gasteiger partial charge in [0.05, 0.1) is 59.7 Å². The molecule has 2 fully saturated rings. The highest BCUT2D eigenvalue weighted by Gasteiger charge is 2.66. The first-order chi connectivity index (χ1) is 26.5. The number of anilines is 2. The van der Waals surface area contributed by atoms with Crippen LogP contribution in [0.1, 0.15) is 42.0 Å². The van der Waals surface area contributed by atoms with Gasteiger partial charge in [-0.3, -0.25) is 14.4 Å². The summed E-state index contributed by atoms with van der Waals surface area (Å²) >= 11 is 0. The van der Waals surface area contributed by atoms with E-state index in [0.717, 1.165) is 39.4 Å². The summed E-state index contributed by atoms with van der Waals surface area (Å²) in [7, 11) is 0.742. The fourth-order valence-corrected chi connectivity index (χ4v) is 13.7. The first-order valence-corrected chi connectivity index (χ1v) is 22.3. The van der Waals surface area contributed by atoms with Crippen molar-refractivity contribution in [2.45, 2.75) is 75.7 Å². The number of ether oxygens (including phenoxy) is 3. The third-order valence-electron chi connectivity index (χ3n) is 12.7. The molecular formula is C44H49N3O7Si. The number of aliphatic hydroxyl groups excluding tert-OH is 1. The molecule has 4 aromatic rings. The lowest BCUT2D eigenvalue weighted by molar-refractivity contribution is -0.151. The van der Waals surface area contributed by atoms with Crippen molar-refractivity contribution >= 4 is 42.4 Å². The number of methoxy groups -OCH3 is 2. The van der Waals surface area contributed by atoms with Crippen LogP contribution in [0.2, 0.25) is 18.6 Å². The van der Waals surface area contributed by atoms with Gasteiger partial charge in [0.15, 0.2) is 5.60 Å². The molecule has 1 spiro atoms. The zero-order valence-corrected chi connectivity index (χ0v) is 33.2. The van der Waals surface area contributed by atoms with Crippen molar-refractivity contribution in [3.63, 3.8) is 0 Å². The number of β-lactam (4-membered cyclic amide) rings is 1. The molecule has 3 amide bonds. The van der Waals surface area contributed by atoms with Crippen molar-refractivity contribution in [1.82, 2.24) is 4.90 Å². The van der Waals surface area contributed by atoms with E-state index < -0.39 is 19.8 Å². The number of hydrogen-bond donors (Lipinski definition) is 1. The highest BCUT2D eigenvalue weighted by molar-refractivity contribution is 6.91. The lowest BCUT2D eigenvalue weighted by atomic mass is 9.82. The molecule has 0 bridgehead atoms. The molecule has 4 aliphatic rings. The minimum absolute atomic E-state index is 0.0747. The van der Waals surface area contributed by atoms with Gasteiger partial charge >= 0.3 is 0 Å². The molecule has 11 heteroatoms. The maximum Gasteiger partial charge on any atom is 0.264 e. The van der Waals surface area contributed by atoms with Gasteiger partial charge in [-0.1, -0.05) is 73.7 Å². The standard InChI is InChI=1S/C44H49N3O7Si/c1-28-42(55(4,5)36-17-14-34(52-2)15-18-36)39(24-41(50)46-26-31-9-7-6-8-30(31)22-33(46)27-48)54-44(28)37-23-35(53-3)16-19-38(37)47(43(44)51)25-29-10-12-32(13-11-29)45-21-20-40(45)49/h6-19,23,28,33,39,42,48H,20-22,24-27H2,1-5H3/t28-,33-,39+,42-,44+/m0/s1. The van der Waals surface area contributed by atoms with E-state index in [1.54, 1.807) is 24.0 Å². The zero-order valence-electron chi connectivity index (χ0n) is 32.2. The van der Waals surface area contributed by atoms with Crippen molar-refractivity contribution in [2.75, 3.05) is 37.2 Å². The Labute approximate surface area is 323 Å². The van der Waals surface area contributed by atoms with Crippen LogP contribution in [0.25, 0.3) is 0 Å². The maximum absolute atomic E-state index is 15.3. The fourth-order valence-electron chi connectivity index (χ4n) is 9.66. The van der Waals surface area contributed by atoms with Crippen molar-refractivity contribution in [3.8, 4) is 11.5 Å². The van der Waals surface area contributed by atoms with Gasteiger partial charge in [-0.2, -0.15) is 0 Å². The number of carbonyl (C=O) groups excluding carboxylic acids is 3. The summed E-state index contributed by atoms with van der Waals surface area (Å²) in [6.07, 6.45) is 0.629. The highest BCUT2D eigenvalue weighted by Crippen LogP contribution is 2.60. The number of aliphatic hydroxyl groups is 1. The van der Waals surface area contributed by atoms with Gasteiger partial charge in [-0.25, -0.2) is 0 Å². The number of carbonyl (C=O) groups is 3. The monoisotopic (exact) mass is 759 g/mol. The Morgan fingerprint density at radius 2 is 1.62 bits per heavy atom. The van der Waals surface area contributed by atoms with Crippen LogP contribution < -0.4 is 24.5 Å². The first-order valence-electron chi connectivity index (χ1n) is 19.2. The van der Waals surface area contributed by atoms with Crippen LogP contribution in [0.3, 0.4) is 0 Å². The van der Waals surface area contributed by atoms with Crippen LogP contribution in [0.15, 0.2) is 91.0 Å². The molecule has 0 saturated carbocycles. The molecule has 0 unspecified atom stereocenters. The van der Waals surface area contributed by atoms with Crippen LogP contribution in [0.5, 0.6) is 11.5 Å². The van der Waals surface area contributed by atoms with Gasteiger partial charge in [0.1, 0.15) is 11.5 Å². The Morgan fingerprint density at radius 1 is 0.927 bits per heavy atom. The number of fused-ring (bicyclic) bond motifs is 3. The molecule has 10 nitrogen and oxygen atoms in total. The quantitative estimate of drug-likeness (QED) is 0.167. The molecule has 1 N–H and O–H groups in total. The Balaban J connectivity index is 1.18. The van der Waals surface area contributed by atoms with Crippen molar-refractivity contribution in [1.29, 1.82) is 0 Å². The number of nitrogens with zero attached hydrogens (tertiary/aromatic N) is 3. The summed E-state index contributed by atoms with van der Waals surface area (Å²) in [6.45, 7) is 8.01. The van der Waals surface area contributed by atoms with Crippen LogP contribution >= 0.6 is 0 Å². The smallest absolute Gasteiger partial charge is 0.264 e. The van der Waals surface area contributed by atoms with Crippen LogP contribution in [-0.4, -0.2) is 75.3 Å². The summed E-state index contributed by atoms with van der Waals surface area (Å²) in [5.74, 6) is 0.923. The third kappa shape index (κ3) is 6.13. The number of amides is 3. The Bertz CT molecular complexity index is 2120. The maximum atomic E-state index is 15.3. The van der Waals surface area contributed by atoms with E-state index in [1.165, 1.54) is 5.19 Å². The van der Waals surface area contributed by atoms with Crippen molar-refractivity contribution in [2.24, 2.45) is 5.92 Å². The van der Waals surface area contributed by atoms with E-state index >= 15 is 4.79 Å². The molecule has 4 aromatic carbocycles. The van der Waals surface area contributed by atoms with E-state index in [1.807, 2.05) is 77.7 Å². The normalized spacial score (nSPS) is 24.5. The van der Waals surface area contributed by atoms with Crippen LogP contribution in [-0.2, 0) is 44.2 Å². The minimum Gasteiger partial charge on any atom is -0.497 e. The molecule has 55 heavy (non-hydrogen) atoms. The first kappa shape index (κ1) is 37.0. The zero-order chi connectivity index (χ0) is 38.6. The van der Waals surface area contributed by atoms with Crippen LogP contribution in [0.4, 0.5) is 11.4 Å². The van der Waals surface area contributed by atoms with Gasteiger partial charge in [-0.05, 0) is 71.1 Å². The SMILES string of the molecule is COc1ccc([Si](C)(C)[C@@H]2[C@@H](CC(=O)N3Cc4ccccc4C[C@H]3CO)O[C@]3(C(=O)N(Cc4ccc(N5CCC5=O)cc4)c4ccc(OC)cc43)[C@H]2C)cc1. The molecule has 0 radical (unpaired) electrons. The molecule has 5 atom stereocenters. The van der Waals surface area contributed by atoms with E-state index in [0.29, 0.717) is 38.2 Å². The summed E-state index contributed by atoms with van der Waals surface area (Å²) in [6, 6.07) is 29.5.